The molecule has 24 heavy (non-hydrogen) atoms. The molecule has 1 aliphatic rings. The first-order valence-corrected chi connectivity index (χ1v) is 8.03. The summed E-state index contributed by atoms with van der Waals surface area (Å²) in [6, 6.07) is 12.9. The zero-order chi connectivity index (χ0) is 17.1. The van der Waals surface area contributed by atoms with Crippen molar-refractivity contribution in [2.24, 2.45) is 0 Å². The molecule has 0 atom stereocenters. The molecule has 124 valence electrons. The number of rotatable bonds is 2. The summed E-state index contributed by atoms with van der Waals surface area (Å²) in [5.74, 6) is -1.05. The Morgan fingerprint density at radius 2 is 1.46 bits per heavy atom. The van der Waals surface area contributed by atoms with Gasteiger partial charge in [-0.1, -0.05) is 29.8 Å². The summed E-state index contributed by atoms with van der Waals surface area (Å²) in [6.45, 7) is 1.57. The highest BCUT2D eigenvalue weighted by atomic mass is 35.5. The number of piperazine rings is 1. The van der Waals surface area contributed by atoms with Crippen LogP contribution in [0, 0.1) is 5.82 Å². The van der Waals surface area contributed by atoms with Crippen LogP contribution in [0.25, 0.3) is 0 Å². The maximum Gasteiger partial charge on any atom is 0.257 e. The maximum absolute atomic E-state index is 13.8. The summed E-state index contributed by atoms with van der Waals surface area (Å²) in [6.07, 6.45) is 0. The van der Waals surface area contributed by atoms with E-state index in [0.29, 0.717) is 36.8 Å². The van der Waals surface area contributed by atoms with Gasteiger partial charge in [0.05, 0.1) is 5.56 Å². The highest BCUT2D eigenvalue weighted by Crippen LogP contribution is 2.18. The number of benzene rings is 2. The number of nitrogens with zero attached hydrogens (tertiary/aromatic N) is 2. The molecule has 0 N–H and O–H groups in total. The van der Waals surface area contributed by atoms with Gasteiger partial charge in [0.2, 0.25) is 0 Å². The molecule has 0 spiro atoms. The van der Waals surface area contributed by atoms with Gasteiger partial charge in [0.1, 0.15) is 5.82 Å². The van der Waals surface area contributed by atoms with Crippen molar-refractivity contribution in [3.63, 3.8) is 0 Å². The van der Waals surface area contributed by atoms with E-state index in [9.17, 15) is 14.0 Å². The van der Waals surface area contributed by atoms with E-state index >= 15 is 0 Å². The van der Waals surface area contributed by atoms with E-state index in [0.717, 1.165) is 0 Å². The Morgan fingerprint density at radius 3 is 2.08 bits per heavy atom. The molecular weight excluding hydrogens is 331 g/mol. The molecule has 1 heterocycles. The monoisotopic (exact) mass is 346 g/mol. The quantitative estimate of drug-likeness (QED) is 0.838. The Hall–Kier alpha value is -2.40. The Morgan fingerprint density at radius 1 is 0.875 bits per heavy atom. The van der Waals surface area contributed by atoms with Crippen molar-refractivity contribution in [1.29, 1.82) is 0 Å². The third kappa shape index (κ3) is 3.41. The molecular formula is C18H16ClFN2O2. The smallest absolute Gasteiger partial charge is 0.257 e. The van der Waals surface area contributed by atoms with Crippen LogP contribution in [-0.4, -0.2) is 47.8 Å². The van der Waals surface area contributed by atoms with Crippen molar-refractivity contribution in [3.05, 3.63) is 70.5 Å². The molecule has 4 nitrogen and oxygen atoms in total. The Labute approximate surface area is 144 Å². The highest BCUT2D eigenvalue weighted by Gasteiger charge is 2.26. The predicted molar refractivity (Wildman–Crippen MR) is 89.7 cm³/mol. The van der Waals surface area contributed by atoms with Gasteiger partial charge >= 0.3 is 0 Å². The van der Waals surface area contributed by atoms with E-state index < -0.39 is 11.7 Å². The lowest BCUT2D eigenvalue weighted by Crippen LogP contribution is -2.50. The van der Waals surface area contributed by atoms with Crippen molar-refractivity contribution >= 4 is 23.4 Å². The van der Waals surface area contributed by atoms with Crippen LogP contribution in [0.5, 0.6) is 0 Å². The first kappa shape index (κ1) is 16.5. The molecule has 0 bridgehead atoms. The average Bonchev–Trinajstić information content (AvgIpc) is 2.63. The molecule has 0 radical (unpaired) electrons. The molecule has 2 aromatic rings. The minimum atomic E-state index is -0.591. The lowest BCUT2D eigenvalue weighted by Gasteiger charge is -2.35. The molecule has 3 rings (SSSR count). The van der Waals surface area contributed by atoms with Crippen LogP contribution in [-0.2, 0) is 0 Å². The van der Waals surface area contributed by atoms with E-state index in [1.165, 1.54) is 18.2 Å². The molecule has 1 aliphatic heterocycles. The number of halogens is 2. The molecule has 2 amide bonds. The van der Waals surface area contributed by atoms with Crippen molar-refractivity contribution < 1.29 is 14.0 Å². The van der Waals surface area contributed by atoms with E-state index in [-0.39, 0.29) is 11.5 Å². The summed E-state index contributed by atoms with van der Waals surface area (Å²) in [5, 5.41) is 0.317. The summed E-state index contributed by atoms with van der Waals surface area (Å²) in [4.78, 5) is 28.1. The van der Waals surface area contributed by atoms with Crippen LogP contribution in [0.3, 0.4) is 0 Å². The van der Waals surface area contributed by atoms with Gasteiger partial charge in [0, 0.05) is 36.8 Å². The number of hydrogen-bond donors (Lipinski definition) is 0. The van der Waals surface area contributed by atoms with Crippen LogP contribution in [0.2, 0.25) is 5.02 Å². The number of amides is 2. The van der Waals surface area contributed by atoms with Crippen molar-refractivity contribution in [2.45, 2.75) is 0 Å². The first-order chi connectivity index (χ1) is 11.6. The van der Waals surface area contributed by atoms with E-state index in [1.54, 1.807) is 21.9 Å². The molecule has 1 saturated heterocycles. The normalized spacial score (nSPS) is 14.6. The third-order valence-electron chi connectivity index (χ3n) is 4.03. The molecule has 6 heteroatoms. The molecule has 0 aliphatic carbocycles. The van der Waals surface area contributed by atoms with Crippen LogP contribution in [0.4, 0.5) is 4.39 Å². The Balaban J connectivity index is 1.66. The van der Waals surface area contributed by atoms with E-state index in [2.05, 4.69) is 0 Å². The third-order valence-corrected chi connectivity index (χ3v) is 4.27. The Bertz CT molecular complexity index is 759. The Kier molecular flexibility index (Phi) is 4.81. The lowest BCUT2D eigenvalue weighted by molar-refractivity contribution is 0.0533. The lowest BCUT2D eigenvalue weighted by atomic mass is 10.1. The maximum atomic E-state index is 13.8. The van der Waals surface area contributed by atoms with E-state index in [4.69, 9.17) is 11.6 Å². The minimum Gasteiger partial charge on any atom is -0.335 e. The second kappa shape index (κ2) is 7.01. The van der Waals surface area contributed by atoms with Gasteiger partial charge in [0.15, 0.2) is 0 Å². The summed E-state index contributed by atoms with van der Waals surface area (Å²) < 4.78 is 13.8. The summed E-state index contributed by atoms with van der Waals surface area (Å²) in [5.41, 5.74) is 0.587. The van der Waals surface area contributed by atoms with Crippen LogP contribution < -0.4 is 0 Å². The van der Waals surface area contributed by atoms with Gasteiger partial charge in [-0.3, -0.25) is 9.59 Å². The fourth-order valence-corrected chi connectivity index (χ4v) is 2.88. The summed E-state index contributed by atoms with van der Waals surface area (Å²) >= 11 is 5.84. The van der Waals surface area contributed by atoms with Crippen LogP contribution in [0.15, 0.2) is 48.5 Å². The standard InChI is InChI=1S/C18H16ClFN2O2/c19-14-6-7-16(20)15(12-14)18(24)22-10-8-21(9-11-22)17(23)13-4-2-1-3-5-13/h1-7,12H,8-11H2. The van der Waals surface area contributed by atoms with Gasteiger partial charge in [0.25, 0.3) is 11.8 Å². The minimum absolute atomic E-state index is 0.0367. The van der Waals surface area contributed by atoms with Crippen molar-refractivity contribution in [3.8, 4) is 0 Å². The van der Waals surface area contributed by atoms with E-state index in [1.807, 2.05) is 18.2 Å². The second-order valence-electron chi connectivity index (χ2n) is 5.57. The van der Waals surface area contributed by atoms with Gasteiger partial charge < -0.3 is 9.80 Å². The predicted octanol–water partition coefficient (Wildman–Crippen LogP) is 3.08. The number of carbonyl (C=O) groups is 2. The van der Waals surface area contributed by atoms with Crippen LogP contribution >= 0.6 is 11.6 Å². The molecule has 0 saturated carbocycles. The molecule has 0 aromatic heterocycles. The molecule has 2 aromatic carbocycles. The van der Waals surface area contributed by atoms with Crippen molar-refractivity contribution in [1.82, 2.24) is 9.80 Å². The van der Waals surface area contributed by atoms with Crippen molar-refractivity contribution in [2.75, 3.05) is 26.2 Å². The zero-order valence-corrected chi connectivity index (χ0v) is 13.7. The topological polar surface area (TPSA) is 40.6 Å². The van der Waals surface area contributed by atoms with Gasteiger partial charge in [-0.2, -0.15) is 0 Å². The first-order valence-electron chi connectivity index (χ1n) is 7.65. The fourth-order valence-electron chi connectivity index (χ4n) is 2.71. The van der Waals surface area contributed by atoms with Crippen LogP contribution in [0.1, 0.15) is 20.7 Å². The van der Waals surface area contributed by atoms with Gasteiger partial charge in [-0.25, -0.2) is 4.39 Å². The number of hydrogen-bond acceptors (Lipinski definition) is 2. The fraction of sp³-hybridized carbons (Fsp3) is 0.222. The molecule has 1 fully saturated rings. The highest BCUT2D eigenvalue weighted by molar-refractivity contribution is 6.31. The number of carbonyl (C=O) groups excluding carboxylic acids is 2. The second-order valence-corrected chi connectivity index (χ2v) is 6.01. The average molecular weight is 347 g/mol. The SMILES string of the molecule is O=C(c1ccccc1)N1CCN(C(=O)c2cc(Cl)ccc2F)CC1. The van der Waals surface area contributed by atoms with Gasteiger partial charge in [-0.05, 0) is 30.3 Å². The summed E-state index contributed by atoms with van der Waals surface area (Å²) in [7, 11) is 0. The van der Waals surface area contributed by atoms with Gasteiger partial charge in [-0.15, -0.1) is 0 Å². The zero-order valence-electron chi connectivity index (χ0n) is 12.9. The molecule has 0 unspecified atom stereocenters. The largest absolute Gasteiger partial charge is 0.335 e.